The molecular formula is C21H24ClN3O3S. The van der Waals surface area contributed by atoms with Crippen LogP contribution in [0, 0.1) is 0 Å². The van der Waals surface area contributed by atoms with E-state index in [1.165, 1.54) is 22.5 Å². The van der Waals surface area contributed by atoms with Gasteiger partial charge in [0.15, 0.2) is 0 Å². The number of amides is 2. The van der Waals surface area contributed by atoms with Gasteiger partial charge in [0.1, 0.15) is 0 Å². The standard InChI is InChI=1S/C21H24ClN3O3S/c1-24-8-6-13-2-3-15(10-14(13)7-9-24)21(28)25-11-16(17(26)12-25)23-20(27)18-4-5-19(22)29-18/h2-5,10,16-17,26H,6-9,11-12H2,1H3,(H,23,27)/t16-,17-/m0/s1. The monoisotopic (exact) mass is 433 g/mol. The number of nitrogens with one attached hydrogen (secondary N) is 1. The van der Waals surface area contributed by atoms with Gasteiger partial charge in [-0.15, -0.1) is 11.3 Å². The molecule has 0 unspecified atom stereocenters. The van der Waals surface area contributed by atoms with Crippen LogP contribution in [-0.2, 0) is 12.8 Å². The van der Waals surface area contributed by atoms with E-state index in [0.29, 0.717) is 14.8 Å². The lowest BCUT2D eigenvalue weighted by atomic mass is 9.99. The number of rotatable bonds is 3. The maximum Gasteiger partial charge on any atom is 0.261 e. The lowest BCUT2D eigenvalue weighted by Gasteiger charge is -2.18. The zero-order chi connectivity index (χ0) is 20.5. The summed E-state index contributed by atoms with van der Waals surface area (Å²) >= 11 is 7.07. The number of benzene rings is 1. The number of aliphatic hydroxyl groups is 1. The molecule has 2 aliphatic heterocycles. The number of carbonyl (C=O) groups is 2. The predicted octanol–water partition coefficient (Wildman–Crippen LogP) is 2.05. The molecule has 0 spiro atoms. The number of hydrogen-bond donors (Lipinski definition) is 2. The number of aliphatic hydroxyl groups excluding tert-OH is 1. The van der Waals surface area contributed by atoms with Crippen molar-refractivity contribution in [2.24, 2.45) is 0 Å². The molecule has 2 aromatic rings. The van der Waals surface area contributed by atoms with Crippen LogP contribution in [0.15, 0.2) is 30.3 Å². The van der Waals surface area contributed by atoms with Crippen LogP contribution >= 0.6 is 22.9 Å². The molecule has 0 saturated carbocycles. The van der Waals surface area contributed by atoms with Gasteiger partial charge in [-0.05, 0) is 55.3 Å². The van der Waals surface area contributed by atoms with Gasteiger partial charge >= 0.3 is 0 Å². The Labute approximate surface area is 179 Å². The van der Waals surface area contributed by atoms with Crippen LogP contribution in [0.1, 0.15) is 31.2 Å². The van der Waals surface area contributed by atoms with Gasteiger partial charge in [-0.25, -0.2) is 0 Å². The van der Waals surface area contributed by atoms with Crippen molar-refractivity contribution in [3.8, 4) is 0 Å². The summed E-state index contributed by atoms with van der Waals surface area (Å²) in [6.07, 6.45) is 1.12. The molecule has 2 amide bonds. The molecule has 0 radical (unpaired) electrons. The van der Waals surface area contributed by atoms with E-state index in [2.05, 4.69) is 17.3 Å². The minimum Gasteiger partial charge on any atom is -0.389 e. The molecule has 0 bridgehead atoms. The Hall–Kier alpha value is -1.93. The highest BCUT2D eigenvalue weighted by atomic mass is 35.5. The summed E-state index contributed by atoms with van der Waals surface area (Å²) in [6.45, 7) is 2.49. The number of thiophene rings is 1. The minimum absolute atomic E-state index is 0.111. The van der Waals surface area contributed by atoms with Crippen molar-refractivity contribution in [3.63, 3.8) is 0 Å². The number of likely N-dealkylation sites (N-methyl/N-ethyl adjacent to an activating group) is 1. The Morgan fingerprint density at radius 1 is 1.14 bits per heavy atom. The molecule has 4 rings (SSSR count). The SMILES string of the molecule is CN1CCc2ccc(C(=O)N3C[C@H](NC(=O)c4ccc(Cl)s4)[C@@H](O)C3)cc2CC1. The predicted molar refractivity (Wildman–Crippen MR) is 114 cm³/mol. The minimum atomic E-state index is -0.798. The van der Waals surface area contributed by atoms with Gasteiger partial charge < -0.3 is 20.2 Å². The van der Waals surface area contributed by atoms with Crippen LogP contribution in [0.3, 0.4) is 0 Å². The van der Waals surface area contributed by atoms with Gasteiger partial charge in [0.05, 0.1) is 21.4 Å². The van der Waals surface area contributed by atoms with Crippen molar-refractivity contribution in [2.45, 2.75) is 25.0 Å². The maximum atomic E-state index is 13.0. The number of fused-ring (bicyclic) bond motifs is 1. The Morgan fingerprint density at radius 3 is 2.62 bits per heavy atom. The average Bonchev–Trinajstić information content (AvgIpc) is 3.24. The van der Waals surface area contributed by atoms with Gasteiger partial charge in [0.25, 0.3) is 11.8 Å². The largest absolute Gasteiger partial charge is 0.389 e. The number of nitrogens with zero attached hydrogens (tertiary/aromatic N) is 2. The zero-order valence-electron chi connectivity index (χ0n) is 16.2. The van der Waals surface area contributed by atoms with Crippen LogP contribution in [0.25, 0.3) is 0 Å². The lowest BCUT2D eigenvalue weighted by Crippen LogP contribution is -2.42. The first-order valence-electron chi connectivity index (χ1n) is 9.74. The van der Waals surface area contributed by atoms with Crippen molar-refractivity contribution in [1.29, 1.82) is 0 Å². The highest BCUT2D eigenvalue weighted by Gasteiger charge is 2.35. The highest BCUT2D eigenvalue weighted by Crippen LogP contribution is 2.23. The van der Waals surface area contributed by atoms with Crippen LogP contribution in [0.2, 0.25) is 4.34 Å². The van der Waals surface area contributed by atoms with E-state index in [1.807, 2.05) is 18.2 Å². The summed E-state index contributed by atoms with van der Waals surface area (Å²) in [5.74, 6) is -0.394. The first kappa shape index (κ1) is 20.3. The molecule has 0 aliphatic carbocycles. The smallest absolute Gasteiger partial charge is 0.261 e. The van der Waals surface area contributed by atoms with Crippen LogP contribution in [-0.4, -0.2) is 72.1 Å². The number of β-amino-alcohol motifs (C(OH)–C–C–N with tert-alkyl or cyclic N) is 1. The molecular weight excluding hydrogens is 410 g/mol. The summed E-state index contributed by atoms with van der Waals surface area (Å²) in [5, 5.41) is 13.2. The van der Waals surface area contributed by atoms with E-state index in [0.717, 1.165) is 25.9 Å². The third-order valence-corrected chi connectivity index (χ3v) is 6.90. The molecule has 29 heavy (non-hydrogen) atoms. The molecule has 1 aromatic carbocycles. The van der Waals surface area contributed by atoms with E-state index in [9.17, 15) is 14.7 Å². The normalized spacial score (nSPS) is 22.2. The zero-order valence-corrected chi connectivity index (χ0v) is 17.8. The van der Waals surface area contributed by atoms with Crippen molar-refractivity contribution < 1.29 is 14.7 Å². The fourth-order valence-electron chi connectivity index (χ4n) is 3.92. The molecule has 2 N–H and O–H groups in total. The summed E-state index contributed by atoms with van der Waals surface area (Å²) in [6, 6.07) is 8.73. The van der Waals surface area contributed by atoms with Gasteiger partial charge in [0, 0.05) is 31.7 Å². The van der Waals surface area contributed by atoms with Gasteiger partial charge in [-0.2, -0.15) is 0 Å². The second kappa shape index (κ2) is 8.44. The fourth-order valence-corrected chi connectivity index (χ4v) is 4.87. The Bertz CT molecular complexity index is 932. The van der Waals surface area contributed by atoms with E-state index in [4.69, 9.17) is 11.6 Å². The average molecular weight is 434 g/mol. The molecule has 2 atom stereocenters. The van der Waals surface area contributed by atoms with E-state index in [1.54, 1.807) is 17.0 Å². The summed E-state index contributed by atoms with van der Waals surface area (Å²) < 4.78 is 0.535. The topological polar surface area (TPSA) is 72.9 Å². The Morgan fingerprint density at radius 2 is 1.90 bits per heavy atom. The number of halogens is 1. The third-order valence-electron chi connectivity index (χ3n) is 5.67. The van der Waals surface area contributed by atoms with Gasteiger partial charge in [0.2, 0.25) is 0 Å². The molecule has 1 saturated heterocycles. The highest BCUT2D eigenvalue weighted by molar-refractivity contribution is 7.18. The Kier molecular flexibility index (Phi) is 5.92. The number of hydrogen-bond acceptors (Lipinski definition) is 5. The first-order chi connectivity index (χ1) is 13.9. The fraction of sp³-hybridized carbons (Fsp3) is 0.429. The second-order valence-electron chi connectivity index (χ2n) is 7.75. The maximum absolute atomic E-state index is 13.0. The summed E-state index contributed by atoms with van der Waals surface area (Å²) in [5.41, 5.74) is 3.16. The third kappa shape index (κ3) is 4.48. The van der Waals surface area contributed by atoms with Crippen molar-refractivity contribution >= 4 is 34.8 Å². The number of carbonyl (C=O) groups excluding carboxylic acids is 2. The molecule has 3 heterocycles. The molecule has 1 aromatic heterocycles. The molecule has 1 fully saturated rings. The lowest BCUT2D eigenvalue weighted by molar-refractivity contribution is 0.0765. The molecule has 6 nitrogen and oxygen atoms in total. The summed E-state index contributed by atoms with van der Waals surface area (Å²) in [7, 11) is 2.11. The van der Waals surface area contributed by atoms with Crippen molar-refractivity contribution in [1.82, 2.24) is 15.1 Å². The molecule has 2 aliphatic rings. The van der Waals surface area contributed by atoms with Crippen LogP contribution < -0.4 is 5.32 Å². The van der Waals surface area contributed by atoms with Gasteiger partial charge in [-0.1, -0.05) is 17.7 Å². The van der Waals surface area contributed by atoms with E-state index < -0.39 is 12.1 Å². The van der Waals surface area contributed by atoms with Crippen molar-refractivity contribution in [2.75, 3.05) is 33.2 Å². The quantitative estimate of drug-likeness (QED) is 0.777. The molecule has 154 valence electrons. The van der Waals surface area contributed by atoms with E-state index >= 15 is 0 Å². The first-order valence-corrected chi connectivity index (χ1v) is 10.9. The van der Waals surface area contributed by atoms with Crippen LogP contribution in [0.5, 0.6) is 0 Å². The summed E-state index contributed by atoms with van der Waals surface area (Å²) in [4.78, 5) is 29.8. The molecule has 8 heteroatoms. The second-order valence-corrected chi connectivity index (χ2v) is 9.46. The van der Waals surface area contributed by atoms with E-state index in [-0.39, 0.29) is 24.9 Å². The van der Waals surface area contributed by atoms with Crippen LogP contribution in [0.4, 0.5) is 0 Å². The van der Waals surface area contributed by atoms with Gasteiger partial charge in [-0.3, -0.25) is 9.59 Å². The number of likely N-dealkylation sites (tertiary alicyclic amines) is 1. The van der Waals surface area contributed by atoms with Crippen molar-refractivity contribution in [3.05, 3.63) is 56.2 Å². The Balaban J connectivity index is 1.43.